The van der Waals surface area contributed by atoms with Crippen LogP contribution in [0.25, 0.3) is 0 Å². The van der Waals surface area contributed by atoms with E-state index in [0.717, 1.165) is 54.5 Å². The van der Waals surface area contributed by atoms with E-state index < -0.39 is 6.17 Å². The Morgan fingerprint density at radius 2 is 1.63 bits per heavy atom. The molecular formula is C32H37FN2. The Labute approximate surface area is 210 Å². The first-order valence-corrected chi connectivity index (χ1v) is 12.7. The Kier molecular flexibility index (Phi) is 10.6. The van der Waals surface area contributed by atoms with Gasteiger partial charge in [-0.05, 0) is 61.6 Å². The van der Waals surface area contributed by atoms with Gasteiger partial charge in [-0.15, -0.1) is 11.7 Å². The van der Waals surface area contributed by atoms with E-state index in [1.54, 1.807) is 13.1 Å². The van der Waals surface area contributed by atoms with E-state index in [1.165, 1.54) is 11.1 Å². The smallest absolute Gasteiger partial charge is 0.100 e. The molecule has 3 aromatic rings. The lowest BCUT2D eigenvalue weighted by molar-refractivity contribution is 0.312. The Balaban J connectivity index is 1.81. The largest absolute Gasteiger partial charge is 0.248 e. The molecule has 0 saturated carbocycles. The maximum atomic E-state index is 13.7. The monoisotopic (exact) mass is 468 g/mol. The summed E-state index contributed by atoms with van der Waals surface area (Å²) in [6, 6.07) is 27.0. The third kappa shape index (κ3) is 8.43. The summed E-state index contributed by atoms with van der Waals surface area (Å²) in [6.07, 6.45) is 8.76. The summed E-state index contributed by atoms with van der Waals surface area (Å²) in [5, 5.41) is 9.04. The van der Waals surface area contributed by atoms with Gasteiger partial charge in [-0.3, -0.25) is 0 Å². The van der Waals surface area contributed by atoms with Crippen molar-refractivity contribution in [2.75, 3.05) is 0 Å². The minimum absolute atomic E-state index is 0.240. The van der Waals surface area contributed by atoms with E-state index in [4.69, 9.17) is 0 Å². The van der Waals surface area contributed by atoms with Crippen LogP contribution in [-0.2, 0) is 6.42 Å². The van der Waals surface area contributed by atoms with Crippen LogP contribution in [0.4, 0.5) is 4.39 Å². The maximum absolute atomic E-state index is 13.7. The van der Waals surface area contributed by atoms with Crippen LogP contribution >= 0.6 is 0 Å². The second-order valence-electron chi connectivity index (χ2n) is 9.11. The molecule has 0 amide bonds. The fraction of sp³-hybridized carbons (Fsp3) is 0.312. The van der Waals surface area contributed by atoms with Gasteiger partial charge in [0.05, 0.1) is 12.4 Å². The zero-order chi connectivity index (χ0) is 24.9. The van der Waals surface area contributed by atoms with Crippen LogP contribution in [0, 0.1) is 0 Å². The fourth-order valence-electron chi connectivity index (χ4n) is 4.33. The lowest BCUT2D eigenvalue weighted by Crippen LogP contribution is -2.07. The second kappa shape index (κ2) is 14.2. The molecule has 0 spiro atoms. The van der Waals surface area contributed by atoms with Crippen molar-refractivity contribution in [2.45, 2.75) is 64.5 Å². The lowest BCUT2D eigenvalue weighted by Gasteiger charge is -2.18. The molecule has 3 rings (SSSR count). The van der Waals surface area contributed by atoms with Gasteiger partial charge < -0.3 is 0 Å². The number of unbranched alkanes of at least 4 members (excludes halogenated alkanes) is 1. The van der Waals surface area contributed by atoms with E-state index >= 15 is 0 Å². The van der Waals surface area contributed by atoms with E-state index in [-0.39, 0.29) is 5.92 Å². The molecular weight excluding hydrogens is 431 g/mol. The third-order valence-electron chi connectivity index (χ3n) is 6.17. The van der Waals surface area contributed by atoms with Crippen molar-refractivity contribution in [3.8, 4) is 0 Å². The predicted molar refractivity (Wildman–Crippen MR) is 149 cm³/mol. The Bertz CT molecular complexity index is 1080. The highest BCUT2D eigenvalue weighted by molar-refractivity contribution is 6.13. The maximum Gasteiger partial charge on any atom is 0.100 e. The number of benzene rings is 3. The Hall–Kier alpha value is -3.33. The first-order valence-electron chi connectivity index (χ1n) is 12.7. The van der Waals surface area contributed by atoms with E-state index in [1.807, 2.05) is 36.4 Å². The average molecular weight is 469 g/mol. The number of rotatable bonds is 13. The fourth-order valence-corrected chi connectivity index (χ4v) is 4.33. The quantitative estimate of drug-likeness (QED) is 0.104. The normalized spacial score (nSPS) is 13.6. The van der Waals surface area contributed by atoms with Gasteiger partial charge in [0.1, 0.15) is 5.71 Å². The molecule has 0 aromatic heterocycles. The number of hydrogen-bond acceptors (Lipinski definition) is 2. The molecule has 2 unspecified atom stereocenters. The van der Waals surface area contributed by atoms with Gasteiger partial charge >= 0.3 is 0 Å². The molecule has 2 atom stereocenters. The van der Waals surface area contributed by atoms with Crippen molar-refractivity contribution in [2.24, 2.45) is 10.2 Å². The third-order valence-corrected chi connectivity index (χ3v) is 6.17. The molecule has 0 saturated heterocycles. The van der Waals surface area contributed by atoms with Gasteiger partial charge in [0, 0.05) is 11.1 Å². The SMILES string of the molecule is C=CCCCc1ccc(C=NN=C(c2ccccc2)c2ccc(C(CCC)CC(C)F)cc2)cc1. The van der Waals surface area contributed by atoms with Crippen LogP contribution in [0.3, 0.4) is 0 Å². The minimum Gasteiger partial charge on any atom is -0.248 e. The molecule has 2 nitrogen and oxygen atoms in total. The van der Waals surface area contributed by atoms with Gasteiger partial charge in [0.15, 0.2) is 0 Å². The van der Waals surface area contributed by atoms with Crippen LogP contribution in [0.2, 0.25) is 0 Å². The highest BCUT2D eigenvalue weighted by Gasteiger charge is 2.15. The molecule has 0 N–H and O–H groups in total. The van der Waals surface area contributed by atoms with Crippen molar-refractivity contribution in [3.05, 3.63) is 119 Å². The number of aryl methyl sites for hydroxylation is 1. The number of nitrogens with zero attached hydrogens (tertiary/aromatic N) is 2. The van der Waals surface area contributed by atoms with Crippen LogP contribution < -0.4 is 0 Å². The van der Waals surface area contributed by atoms with E-state index in [2.05, 4.69) is 72.2 Å². The van der Waals surface area contributed by atoms with Gasteiger partial charge in [-0.2, -0.15) is 5.10 Å². The molecule has 3 aromatic carbocycles. The highest BCUT2D eigenvalue weighted by Crippen LogP contribution is 2.28. The molecule has 0 aliphatic rings. The van der Waals surface area contributed by atoms with E-state index in [9.17, 15) is 4.39 Å². The van der Waals surface area contributed by atoms with Crippen molar-refractivity contribution in [1.29, 1.82) is 0 Å². The summed E-state index contributed by atoms with van der Waals surface area (Å²) >= 11 is 0. The summed E-state index contributed by atoms with van der Waals surface area (Å²) in [6.45, 7) is 7.58. The van der Waals surface area contributed by atoms with Crippen LogP contribution in [-0.4, -0.2) is 18.1 Å². The molecule has 0 radical (unpaired) electrons. The van der Waals surface area contributed by atoms with Crippen molar-refractivity contribution >= 4 is 11.9 Å². The number of alkyl halides is 1. The van der Waals surface area contributed by atoms with Gasteiger partial charge in [0.25, 0.3) is 0 Å². The van der Waals surface area contributed by atoms with Crippen molar-refractivity contribution in [1.82, 2.24) is 0 Å². The van der Waals surface area contributed by atoms with Gasteiger partial charge in [-0.25, -0.2) is 4.39 Å². The summed E-state index contributed by atoms with van der Waals surface area (Å²) in [4.78, 5) is 0. The molecule has 0 fully saturated rings. The molecule has 0 bridgehead atoms. The van der Waals surface area contributed by atoms with Gasteiger partial charge in [-0.1, -0.05) is 98.3 Å². The lowest BCUT2D eigenvalue weighted by atomic mass is 9.89. The molecule has 0 aliphatic heterocycles. The topological polar surface area (TPSA) is 24.7 Å². The molecule has 182 valence electrons. The second-order valence-corrected chi connectivity index (χ2v) is 9.11. The Morgan fingerprint density at radius 3 is 2.26 bits per heavy atom. The van der Waals surface area contributed by atoms with Crippen molar-refractivity contribution < 1.29 is 4.39 Å². The van der Waals surface area contributed by atoms with Crippen LogP contribution in [0.1, 0.15) is 79.7 Å². The average Bonchev–Trinajstić information content (AvgIpc) is 2.88. The first-order chi connectivity index (χ1) is 17.1. The molecule has 0 heterocycles. The number of hydrogen-bond donors (Lipinski definition) is 0. The summed E-state index contributed by atoms with van der Waals surface area (Å²) in [5.74, 6) is 0.240. The van der Waals surface area contributed by atoms with E-state index in [0.29, 0.717) is 6.42 Å². The highest BCUT2D eigenvalue weighted by atomic mass is 19.1. The van der Waals surface area contributed by atoms with Crippen LogP contribution in [0.15, 0.2) is 102 Å². The predicted octanol–water partition coefficient (Wildman–Crippen LogP) is 8.70. The number of allylic oxidation sites excluding steroid dienone is 1. The molecule has 0 aliphatic carbocycles. The summed E-state index contributed by atoms with van der Waals surface area (Å²) in [7, 11) is 0. The zero-order valence-corrected chi connectivity index (χ0v) is 21.0. The van der Waals surface area contributed by atoms with Crippen LogP contribution in [0.5, 0.6) is 0 Å². The standard InChI is InChI=1S/C32H37FN2/c1-4-6-8-12-26-15-17-27(18-16-26)24-34-35-32(29-13-9-7-10-14-29)30-21-19-28(20-22-30)31(11-5-2)23-25(3)33/h4,7,9-10,13-22,24-25,31H,1,5-6,8,11-12,23H2,2-3H3. The summed E-state index contributed by atoms with van der Waals surface area (Å²) in [5.41, 5.74) is 6.35. The van der Waals surface area contributed by atoms with Crippen molar-refractivity contribution in [3.63, 3.8) is 0 Å². The minimum atomic E-state index is -0.803. The Morgan fingerprint density at radius 1 is 0.943 bits per heavy atom. The molecule has 3 heteroatoms. The summed E-state index contributed by atoms with van der Waals surface area (Å²) < 4.78 is 13.7. The zero-order valence-electron chi connectivity index (χ0n) is 21.0. The molecule has 35 heavy (non-hydrogen) atoms. The first kappa shape index (κ1) is 26.3. The number of halogens is 1. The van der Waals surface area contributed by atoms with Gasteiger partial charge in [0.2, 0.25) is 0 Å².